The van der Waals surface area contributed by atoms with Crippen molar-refractivity contribution in [1.82, 2.24) is 15.6 Å². The fourth-order valence-electron chi connectivity index (χ4n) is 1.65. The van der Waals surface area contributed by atoms with Crippen LogP contribution in [0, 0.1) is 0 Å². The molecule has 100 valence electrons. The third-order valence-corrected chi connectivity index (χ3v) is 3.48. The summed E-state index contributed by atoms with van der Waals surface area (Å²) in [5.41, 5.74) is 1.17. The number of hydrogen-bond acceptors (Lipinski definition) is 4. The Balaban J connectivity index is 1.54. The number of aromatic nitrogens is 1. The van der Waals surface area contributed by atoms with Gasteiger partial charge in [0.1, 0.15) is 0 Å². The summed E-state index contributed by atoms with van der Waals surface area (Å²) in [6.45, 7) is 2.38. The fourth-order valence-corrected chi connectivity index (χ4v) is 2.29. The quantitative estimate of drug-likeness (QED) is 0.760. The Hall–Kier alpha value is -1.72. The summed E-state index contributed by atoms with van der Waals surface area (Å²) in [5, 5.41) is 8.13. The zero-order chi connectivity index (χ0) is 13.3. The first-order chi connectivity index (χ1) is 9.36. The third-order valence-electron chi connectivity index (χ3n) is 2.61. The highest BCUT2D eigenvalue weighted by Gasteiger charge is 2.04. The van der Waals surface area contributed by atoms with Gasteiger partial charge < -0.3 is 10.6 Å². The molecule has 2 N–H and O–H groups in total. The molecule has 0 aromatic carbocycles. The van der Waals surface area contributed by atoms with Crippen molar-refractivity contribution in [2.75, 3.05) is 13.1 Å². The second kappa shape index (κ2) is 7.66. The molecule has 1 amide bonds. The Bertz CT molecular complexity index is 485. The lowest BCUT2D eigenvalue weighted by Gasteiger charge is -2.05. The Morgan fingerprint density at radius 2 is 2.21 bits per heavy atom. The number of pyridine rings is 1. The van der Waals surface area contributed by atoms with Crippen molar-refractivity contribution in [1.29, 1.82) is 0 Å². The summed E-state index contributed by atoms with van der Waals surface area (Å²) in [7, 11) is 0. The standard InChI is InChI=1S/C14H17N3OS/c18-14(13-5-2-9-19-13)17-8-3-7-16-11-12-4-1-6-15-10-12/h1-2,4-6,9-10,16H,3,7-8,11H2,(H,17,18). The predicted octanol–water partition coefficient (Wildman–Crippen LogP) is 2.05. The lowest BCUT2D eigenvalue weighted by Crippen LogP contribution is -2.26. The maximum absolute atomic E-state index is 11.6. The molecular weight excluding hydrogens is 258 g/mol. The molecule has 0 radical (unpaired) electrons. The molecule has 2 heterocycles. The highest BCUT2D eigenvalue weighted by atomic mass is 32.1. The average molecular weight is 275 g/mol. The number of nitrogens with zero attached hydrogens (tertiary/aromatic N) is 1. The molecule has 0 aliphatic rings. The van der Waals surface area contributed by atoms with Gasteiger partial charge in [-0.25, -0.2) is 0 Å². The first-order valence-corrected chi connectivity index (χ1v) is 7.15. The van der Waals surface area contributed by atoms with Crippen LogP contribution in [0.1, 0.15) is 21.7 Å². The van der Waals surface area contributed by atoms with Gasteiger partial charge in [0.15, 0.2) is 0 Å². The first kappa shape index (κ1) is 13.7. The van der Waals surface area contributed by atoms with Gasteiger partial charge in [-0.05, 0) is 36.0 Å². The van der Waals surface area contributed by atoms with E-state index in [4.69, 9.17) is 0 Å². The van der Waals surface area contributed by atoms with Crippen molar-refractivity contribution in [3.63, 3.8) is 0 Å². The lowest BCUT2D eigenvalue weighted by atomic mass is 10.3. The molecule has 0 spiro atoms. The molecule has 0 fully saturated rings. The SMILES string of the molecule is O=C(NCCCNCc1cccnc1)c1cccs1. The first-order valence-electron chi connectivity index (χ1n) is 6.27. The van der Waals surface area contributed by atoms with E-state index in [-0.39, 0.29) is 5.91 Å². The second-order valence-electron chi connectivity index (χ2n) is 4.12. The van der Waals surface area contributed by atoms with E-state index < -0.39 is 0 Å². The van der Waals surface area contributed by atoms with Gasteiger partial charge in [-0.15, -0.1) is 11.3 Å². The van der Waals surface area contributed by atoms with Gasteiger partial charge in [0, 0.05) is 25.5 Å². The topological polar surface area (TPSA) is 54.0 Å². The molecule has 0 bridgehead atoms. The van der Waals surface area contributed by atoms with E-state index in [2.05, 4.69) is 15.6 Å². The number of rotatable bonds is 7. The van der Waals surface area contributed by atoms with Crippen LogP contribution in [0.2, 0.25) is 0 Å². The molecule has 4 nitrogen and oxygen atoms in total. The van der Waals surface area contributed by atoms with Crippen LogP contribution < -0.4 is 10.6 Å². The Morgan fingerprint density at radius 3 is 2.95 bits per heavy atom. The van der Waals surface area contributed by atoms with Crippen molar-refractivity contribution in [2.24, 2.45) is 0 Å². The molecule has 0 aliphatic carbocycles. The van der Waals surface area contributed by atoms with Crippen molar-refractivity contribution >= 4 is 17.2 Å². The molecule has 0 saturated heterocycles. The summed E-state index contributed by atoms with van der Waals surface area (Å²) in [6.07, 6.45) is 4.53. The van der Waals surface area contributed by atoms with Gasteiger partial charge in [0.25, 0.3) is 5.91 Å². The van der Waals surface area contributed by atoms with E-state index in [0.717, 1.165) is 24.4 Å². The monoisotopic (exact) mass is 275 g/mol. The van der Waals surface area contributed by atoms with Crippen molar-refractivity contribution in [3.05, 3.63) is 52.5 Å². The zero-order valence-electron chi connectivity index (χ0n) is 10.6. The molecule has 0 saturated carbocycles. The van der Waals surface area contributed by atoms with Gasteiger partial charge in [-0.2, -0.15) is 0 Å². The number of carbonyl (C=O) groups is 1. The Labute approximate surface area is 116 Å². The van der Waals surface area contributed by atoms with E-state index in [1.54, 1.807) is 6.20 Å². The van der Waals surface area contributed by atoms with Gasteiger partial charge >= 0.3 is 0 Å². The number of amides is 1. The van der Waals surface area contributed by atoms with Crippen LogP contribution in [0.5, 0.6) is 0 Å². The summed E-state index contributed by atoms with van der Waals surface area (Å²) < 4.78 is 0. The largest absolute Gasteiger partial charge is 0.351 e. The summed E-state index contributed by atoms with van der Waals surface area (Å²) >= 11 is 1.46. The predicted molar refractivity (Wildman–Crippen MR) is 77.2 cm³/mol. The smallest absolute Gasteiger partial charge is 0.261 e. The number of hydrogen-bond donors (Lipinski definition) is 2. The highest BCUT2D eigenvalue weighted by Crippen LogP contribution is 2.07. The normalized spacial score (nSPS) is 10.3. The Kier molecular flexibility index (Phi) is 5.52. The van der Waals surface area contributed by atoms with Crippen LogP contribution in [0.4, 0.5) is 0 Å². The van der Waals surface area contributed by atoms with E-state index in [1.165, 1.54) is 16.9 Å². The molecule has 2 rings (SSSR count). The van der Waals surface area contributed by atoms with E-state index in [1.807, 2.05) is 35.8 Å². The molecule has 0 aliphatic heterocycles. The summed E-state index contributed by atoms with van der Waals surface area (Å²) in [4.78, 5) is 16.5. The minimum Gasteiger partial charge on any atom is -0.351 e. The highest BCUT2D eigenvalue weighted by molar-refractivity contribution is 7.12. The van der Waals surface area contributed by atoms with E-state index in [0.29, 0.717) is 6.54 Å². The molecular formula is C14H17N3OS. The van der Waals surface area contributed by atoms with Crippen molar-refractivity contribution < 1.29 is 4.79 Å². The van der Waals surface area contributed by atoms with E-state index >= 15 is 0 Å². The second-order valence-corrected chi connectivity index (χ2v) is 5.07. The van der Waals surface area contributed by atoms with Crippen LogP contribution in [0.3, 0.4) is 0 Å². The maximum Gasteiger partial charge on any atom is 0.261 e. The average Bonchev–Trinajstić information content (AvgIpc) is 2.98. The van der Waals surface area contributed by atoms with Crippen molar-refractivity contribution in [3.8, 4) is 0 Å². The molecule has 5 heteroatoms. The van der Waals surface area contributed by atoms with Gasteiger partial charge in [-0.3, -0.25) is 9.78 Å². The molecule has 0 unspecified atom stereocenters. The van der Waals surface area contributed by atoms with Crippen LogP contribution in [-0.4, -0.2) is 24.0 Å². The fraction of sp³-hybridized carbons (Fsp3) is 0.286. The van der Waals surface area contributed by atoms with Crippen LogP contribution in [0.15, 0.2) is 42.0 Å². The molecule has 19 heavy (non-hydrogen) atoms. The van der Waals surface area contributed by atoms with Gasteiger partial charge in [0.2, 0.25) is 0 Å². The summed E-state index contributed by atoms with van der Waals surface area (Å²) in [5.74, 6) is 0.0160. The van der Waals surface area contributed by atoms with Crippen LogP contribution in [-0.2, 0) is 6.54 Å². The molecule has 2 aromatic rings. The van der Waals surface area contributed by atoms with Gasteiger partial charge in [-0.1, -0.05) is 12.1 Å². The lowest BCUT2D eigenvalue weighted by molar-refractivity contribution is 0.0957. The van der Waals surface area contributed by atoms with Crippen molar-refractivity contribution in [2.45, 2.75) is 13.0 Å². The minimum atomic E-state index is 0.0160. The Morgan fingerprint density at radius 1 is 1.26 bits per heavy atom. The molecule has 0 atom stereocenters. The third kappa shape index (κ3) is 4.81. The minimum absolute atomic E-state index is 0.0160. The molecule has 2 aromatic heterocycles. The number of nitrogens with one attached hydrogen (secondary N) is 2. The van der Waals surface area contributed by atoms with Crippen LogP contribution in [0.25, 0.3) is 0 Å². The number of thiophene rings is 1. The number of carbonyl (C=O) groups excluding carboxylic acids is 1. The zero-order valence-corrected chi connectivity index (χ0v) is 11.5. The maximum atomic E-state index is 11.6. The van der Waals surface area contributed by atoms with Gasteiger partial charge in [0.05, 0.1) is 4.88 Å². The summed E-state index contributed by atoms with van der Waals surface area (Å²) in [6, 6.07) is 7.69. The van der Waals surface area contributed by atoms with Crippen LogP contribution >= 0.6 is 11.3 Å². The van der Waals surface area contributed by atoms with E-state index in [9.17, 15) is 4.79 Å².